The van der Waals surface area contributed by atoms with E-state index in [9.17, 15) is 9.59 Å². The van der Waals surface area contributed by atoms with Gasteiger partial charge in [0.1, 0.15) is 11.5 Å². The lowest BCUT2D eigenvalue weighted by atomic mass is 10.1. The van der Waals surface area contributed by atoms with E-state index in [1.807, 2.05) is 43.3 Å². The molecular weight excluding hydrogens is 366 g/mol. The lowest BCUT2D eigenvalue weighted by Crippen LogP contribution is -2.41. The standard InChI is InChI=1S/C23H21N3O3/c1-16-13-14-21(29-16)17(2)25-26-23(28)20(15-18-9-5-3-6-10-18)24-22(27)19-11-7-4-8-12-19/h3-15,25H,2H2,1H3,(H,24,27)(H,26,28)/b20-15-. The molecule has 3 rings (SSSR count). The monoisotopic (exact) mass is 387 g/mol. The Morgan fingerprint density at radius 1 is 0.897 bits per heavy atom. The second-order valence-corrected chi connectivity index (χ2v) is 6.26. The minimum absolute atomic E-state index is 0.0842. The summed E-state index contributed by atoms with van der Waals surface area (Å²) >= 11 is 0. The minimum atomic E-state index is -0.525. The van der Waals surface area contributed by atoms with E-state index in [0.29, 0.717) is 17.0 Å². The van der Waals surface area contributed by atoms with E-state index in [1.54, 1.807) is 42.5 Å². The van der Waals surface area contributed by atoms with Gasteiger partial charge in [0.15, 0.2) is 5.76 Å². The maximum absolute atomic E-state index is 12.7. The molecule has 1 heterocycles. The van der Waals surface area contributed by atoms with Gasteiger partial charge in [-0.25, -0.2) is 0 Å². The molecule has 3 aromatic rings. The number of furan rings is 1. The summed E-state index contributed by atoms with van der Waals surface area (Å²) in [5.74, 6) is 0.324. The Kier molecular flexibility index (Phi) is 6.27. The van der Waals surface area contributed by atoms with Gasteiger partial charge in [-0.3, -0.25) is 20.4 Å². The SMILES string of the molecule is C=C(NNC(=O)/C(=C/c1ccccc1)NC(=O)c1ccccc1)c1ccc(C)o1. The summed E-state index contributed by atoms with van der Waals surface area (Å²) in [4.78, 5) is 25.3. The van der Waals surface area contributed by atoms with Crippen LogP contribution in [0.4, 0.5) is 0 Å². The predicted octanol–water partition coefficient (Wildman–Crippen LogP) is 3.65. The Morgan fingerprint density at radius 3 is 2.17 bits per heavy atom. The highest BCUT2D eigenvalue weighted by Crippen LogP contribution is 2.13. The Morgan fingerprint density at radius 2 is 1.55 bits per heavy atom. The van der Waals surface area contributed by atoms with Crippen LogP contribution in [0.25, 0.3) is 11.8 Å². The van der Waals surface area contributed by atoms with Crippen molar-refractivity contribution in [1.82, 2.24) is 16.2 Å². The summed E-state index contributed by atoms with van der Waals surface area (Å²) in [5, 5.41) is 2.67. The third kappa shape index (κ3) is 5.46. The van der Waals surface area contributed by atoms with Crippen LogP contribution >= 0.6 is 0 Å². The van der Waals surface area contributed by atoms with Crippen LogP contribution in [0, 0.1) is 6.92 Å². The van der Waals surface area contributed by atoms with E-state index in [-0.39, 0.29) is 11.6 Å². The van der Waals surface area contributed by atoms with Crippen molar-refractivity contribution >= 4 is 23.6 Å². The van der Waals surface area contributed by atoms with E-state index < -0.39 is 5.91 Å². The predicted molar refractivity (Wildman–Crippen MR) is 112 cm³/mol. The van der Waals surface area contributed by atoms with Gasteiger partial charge in [-0.05, 0) is 42.8 Å². The van der Waals surface area contributed by atoms with E-state index in [4.69, 9.17) is 4.42 Å². The van der Waals surface area contributed by atoms with Gasteiger partial charge in [0.25, 0.3) is 11.8 Å². The second kappa shape index (κ2) is 9.23. The fraction of sp³-hybridized carbons (Fsp3) is 0.0435. The molecule has 0 fully saturated rings. The van der Waals surface area contributed by atoms with Crippen LogP contribution in [0.2, 0.25) is 0 Å². The first-order chi connectivity index (χ1) is 14.0. The van der Waals surface area contributed by atoms with E-state index in [0.717, 1.165) is 11.3 Å². The molecule has 2 amide bonds. The van der Waals surface area contributed by atoms with Crippen LogP contribution in [0.3, 0.4) is 0 Å². The zero-order valence-electron chi connectivity index (χ0n) is 15.9. The fourth-order valence-corrected chi connectivity index (χ4v) is 2.52. The van der Waals surface area contributed by atoms with Gasteiger partial charge in [-0.1, -0.05) is 55.1 Å². The van der Waals surface area contributed by atoms with E-state index in [1.165, 1.54) is 0 Å². The average Bonchev–Trinajstić information content (AvgIpc) is 3.19. The van der Waals surface area contributed by atoms with Gasteiger partial charge < -0.3 is 9.73 Å². The zero-order valence-corrected chi connectivity index (χ0v) is 15.9. The van der Waals surface area contributed by atoms with Crippen molar-refractivity contribution in [3.8, 4) is 0 Å². The van der Waals surface area contributed by atoms with Gasteiger partial charge in [-0.15, -0.1) is 0 Å². The van der Waals surface area contributed by atoms with Crippen molar-refractivity contribution < 1.29 is 14.0 Å². The number of aryl methyl sites for hydroxylation is 1. The molecule has 6 nitrogen and oxygen atoms in total. The highest BCUT2D eigenvalue weighted by molar-refractivity contribution is 6.05. The summed E-state index contributed by atoms with van der Waals surface area (Å²) in [6, 6.07) is 21.4. The Balaban J connectivity index is 1.75. The molecule has 0 radical (unpaired) electrons. The molecule has 0 atom stereocenters. The maximum Gasteiger partial charge on any atom is 0.286 e. The molecule has 0 unspecified atom stereocenters. The topological polar surface area (TPSA) is 83.4 Å². The molecule has 2 aromatic carbocycles. The smallest absolute Gasteiger partial charge is 0.286 e. The lowest BCUT2D eigenvalue weighted by Gasteiger charge is -2.13. The van der Waals surface area contributed by atoms with Crippen LogP contribution in [0.15, 0.2) is 89.5 Å². The molecule has 0 spiro atoms. The van der Waals surface area contributed by atoms with Crippen molar-refractivity contribution in [2.75, 3.05) is 0 Å². The lowest BCUT2D eigenvalue weighted by molar-refractivity contribution is -0.118. The summed E-state index contributed by atoms with van der Waals surface area (Å²) in [5.41, 5.74) is 6.94. The molecule has 29 heavy (non-hydrogen) atoms. The highest BCUT2D eigenvalue weighted by Gasteiger charge is 2.15. The largest absolute Gasteiger partial charge is 0.460 e. The number of carbonyl (C=O) groups excluding carboxylic acids is 2. The summed E-state index contributed by atoms with van der Waals surface area (Å²) in [6.45, 7) is 5.65. The number of nitrogens with one attached hydrogen (secondary N) is 3. The molecule has 0 aliphatic rings. The quantitative estimate of drug-likeness (QED) is 0.427. The van der Waals surface area contributed by atoms with E-state index >= 15 is 0 Å². The Hall–Kier alpha value is -4.06. The number of carbonyl (C=O) groups is 2. The van der Waals surface area contributed by atoms with Gasteiger partial charge in [0.05, 0.1) is 5.70 Å². The molecule has 0 aliphatic carbocycles. The molecule has 3 N–H and O–H groups in total. The van der Waals surface area contributed by atoms with Crippen molar-refractivity contribution in [3.05, 3.63) is 108 Å². The third-order valence-electron chi connectivity index (χ3n) is 4.00. The number of amides is 2. The van der Waals surface area contributed by atoms with Gasteiger partial charge in [0, 0.05) is 5.56 Å². The van der Waals surface area contributed by atoms with Gasteiger partial charge >= 0.3 is 0 Å². The van der Waals surface area contributed by atoms with Crippen molar-refractivity contribution in [2.45, 2.75) is 6.92 Å². The van der Waals surface area contributed by atoms with Crippen LogP contribution in [0.1, 0.15) is 27.4 Å². The maximum atomic E-state index is 12.7. The number of hydrazine groups is 1. The molecule has 0 saturated heterocycles. The second-order valence-electron chi connectivity index (χ2n) is 6.26. The molecule has 0 saturated carbocycles. The summed E-state index contributed by atoms with van der Waals surface area (Å²) in [6.07, 6.45) is 1.59. The molecule has 146 valence electrons. The molecule has 6 heteroatoms. The first-order valence-corrected chi connectivity index (χ1v) is 8.98. The Bertz CT molecular complexity index is 1040. The normalized spacial score (nSPS) is 10.9. The number of hydrogen-bond donors (Lipinski definition) is 3. The summed E-state index contributed by atoms with van der Waals surface area (Å²) < 4.78 is 5.46. The van der Waals surface area contributed by atoms with Crippen molar-refractivity contribution in [2.24, 2.45) is 0 Å². The van der Waals surface area contributed by atoms with E-state index in [2.05, 4.69) is 22.7 Å². The highest BCUT2D eigenvalue weighted by atomic mass is 16.3. The minimum Gasteiger partial charge on any atom is -0.460 e. The van der Waals surface area contributed by atoms with Crippen LogP contribution in [0.5, 0.6) is 0 Å². The Labute approximate surface area is 168 Å². The first-order valence-electron chi connectivity index (χ1n) is 8.98. The zero-order chi connectivity index (χ0) is 20.6. The van der Waals surface area contributed by atoms with Crippen LogP contribution < -0.4 is 16.2 Å². The first kappa shape index (κ1) is 19.7. The molecule has 0 bridgehead atoms. The number of rotatable bonds is 7. The summed E-state index contributed by atoms with van der Waals surface area (Å²) in [7, 11) is 0. The third-order valence-corrected chi connectivity index (χ3v) is 4.00. The van der Waals surface area contributed by atoms with Crippen molar-refractivity contribution in [1.29, 1.82) is 0 Å². The fourth-order valence-electron chi connectivity index (χ4n) is 2.52. The molecular formula is C23H21N3O3. The molecule has 0 aliphatic heterocycles. The number of benzene rings is 2. The van der Waals surface area contributed by atoms with Gasteiger partial charge in [-0.2, -0.15) is 0 Å². The molecule has 1 aromatic heterocycles. The number of hydrogen-bond acceptors (Lipinski definition) is 4. The van der Waals surface area contributed by atoms with Crippen LogP contribution in [-0.2, 0) is 4.79 Å². The van der Waals surface area contributed by atoms with Crippen LogP contribution in [-0.4, -0.2) is 11.8 Å². The average molecular weight is 387 g/mol. The van der Waals surface area contributed by atoms with Crippen molar-refractivity contribution in [3.63, 3.8) is 0 Å². The van der Waals surface area contributed by atoms with Gasteiger partial charge in [0.2, 0.25) is 0 Å².